The molecular formula is C27H25N3O. The molecule has 4 heteroatoms. The van der Waals surface area contributed by atoms with Crippen molar-refractivity contribution in [2.75, 3.05) is 0 Å². The molecule has 1 N–H and O–H groups in total. The van der Waals surface area contributed by atoms with E-state index in [1.807, 2.05) is 24.4 Å². The number of benzene rings is 3. The maximum Gasteiger partial charge on any atom is 0.273 e. The van der Waals surface area contributed by atoms with E-state index in [2.05, 4.69) is 51.9 Å². The Morgan fingerprint density at radius 2 is 1.35 bits per heavy atom. The number of aryl methyl sites for hydroxylation is 4. The minimum absolute atomic E-state index is 0.265. The Morgan fingerprint density at radius 1 is 0.742 bits per heavy atom. The van der Waals surface area contributed by atoms with Gasteiger partial charge in [-0.2, -0.15) is 5.10 Å². The van der Waals surface area contributed by atoms with Crippen molar-refractivity contribution in [1.29, 1.82) is 0 Å². The average Bonchev–Trinajstić information content (AvgIpc) is 3.46. The van der Waals surface area contributed by atoms with Crippen LogP contribution >= 0.6 is 0 Å². The topological polar surface area (TPSA) is 53.8 Å². The van der Waals surface area contributed by atoms with E-state index in [1.165, 1.54) is 41.5 Å². The van der Waals surface area contributed by atoms with Gasteiger partial charge in [-0.1, -0.05) is 36.4 Å². The van der Waals surface area contributed by atoms with Crippen molar-refractivity contribution in [1.82, 2.24) is 5.43 Å². The highest BCUT2D eigenvalue weighted by atomic mass is 16.2. The Bertz CT molecular complexity index is 1190. The molecule has 0 fully saturated rings. The van der Waals surface area contributed by atoms with Crippen LogP contribution in [-0.2, 0) is 25.7 Å². The summed E-state index contributed by atoms with van der Waals surface area (Å²) in [7, 11) is 0. The van der Waals surface area contributed by atoms with Crippen molar-refractivity contribution in [3.8, 4) is 0 Å². The SMILES string of the molecule is O=C(N/N=C/c1ccc2c(c1)CCC2)c1ccccc1/N=C\c1ccc2c(c1)CCC2. The first kappa shape index (κ1) is 19.4. The van der Waals surface area contributed by atoms with Gasteiger partial charge in [-0.15, -0.1) is 0 Å². The maximum atomic E-state index is 12.7. The zero-order valence-electron chi connectivity index (χ0n) is 17.5. The van der Waals surface area contributed by atoms with Crippen molar-refractivity contribution in [2.24, 2.45) is 10.1 Å². The van der Waals surface area contributed by atoms with E-state index in [1.54, 1.807) is 12.3 Å². The second kappa shape index (κ2) is 8.68. The minimum atomic E-state index is -0.265. The second-order valence-corrected chi connectivity index (χ2v) is 8.24. The van der Waals surface area contributed by atoms with E-state index >= 15 is 0 Å². The molecule has 0 atom stereocenters. The Morgan fingerprint density at radius 3 is 2.06 bits per heavy atom. The predicted molar refractivity (Wildman–Crippen MR) is 126 cm³/mol. The molecule has 0 heterocycles. The number of rotatable bonds is 5. The first-order chi connectivity index (χ1) is 15.3. The third-order valence-corrected chi connectivity index (χ3v) is 6.13. The zero-order chi connectivity index (χ0) is 21.0. The fourth-order valence-corrected chi connectivity index (χ4v) is 4.49. The minimum Gasteiger partial charge on any atom is -0.267 e. The van der Waals surface area contributed by atoms with Crippen LogP contribution in [0, 0.1) is 0 Å². The monoisotopic (exact) mass is 407 g/mol. The van der Waals surface area contributed by atoms with E-state index in [9.17, 15) is 4.79 Å². The average molecular weight is 408 g/mol. The number of carbonyl (C=O) groups is 1. The number of nitrogens with zero attached hydrogens (tertiary/aromatic N) is 2. The van der Waals surface area contributed by atoms with Gasteiger partial charge >= 0.3 is 0 Å². The number of amides is 1. The van der Waals surface area contributed by atoms with Gasteiger partial charge in [0.25, 0.3) is 5.91 Å². The van der Waals surface area contributed by atoms with Gasteiger partial charge in [-0.3, -0.25) is 9.79 Å². The number of hydrogen-bond donors (Lipinski definition) is 1. The first-order valence-electron chi connectivity index (χ1n) is 11.0. The van der Waals surface area contributed by atoms with Crippen molar-refractivity contribution in [3.63, 3.8) is 0 Å². The third kappa shape index (κ3) is 4.33. The number of aliphatic imine (C=N–C) groups is 1. The molecule has 3 aromatic carbocycles. The van der Waals surface area contributed by atoms with Gasteiger partial charge in [0.1, 0.15) is 0 Å². The fraction of sp³-hybridized carbons (Fsp3) is 0.222. The van der Waals surface area contributed by atoms with Crippen LogP contribution in [0.2, 0.25) is 0 Å². The summed E-state index contributed by atoms with van der Waals surface area (Å²) in [6.45, 7) is 0. The van der Waals surface area contributed by atoms with Gasteiger partial charge in [-0.25, -0.2) is 5.43 Å². The highest BCUT2D eigenvalue weighted by molar-refractivity contribution is 6.00. The molecule has 5 rings (SSSR count). The van der Waals surface area contributed by atoms with Crippen LogP contribution in [0.1, 0.15) is 56.6 Å². The van der Waals surface area contributed by atoms with E-state index in [0.29, 0.717) is 11.3 Å². The summed E-state index contributed by atoms with van der Waals surface area (Å²) in [5.74, 6) is -0.265. The number of carbonyl (C=O) groups excluding carboxylic acids is 1. The van der Waals surface area contributed by atoms with Crippen LogP contribution < -0.4 is 5.43 Å². The third-order valence-electron chi connectivity index (χ3n) is 6.13. The molecule has 3 aromatic rings. The summed E-state index contributed by atoms with van der Waals surface area (Å²) in [4.78, 5) is 17.3. The van der Waals surface area contributed by atoms with Crippen LogP contribution in [0.15, 0.2) is 70.8 Å². The molecule has 0 spiro atoms. The van der Waals surface area contributed by atoms with E-state index < -0.39 is 0 Å². The normalized spacial score (nSPS) is 14.8. The summed E-state index contributed by atoms with van der Waals surface area (Å²) in [6, 6.07) is 20.2. The molecule has 0 aromatic heterocycles. The molecule has 2 aliphatic carbocycles. The molecular weight excluding hydrogens is 382 g/mol. The molecule has 2 aliphatic rings. The Hall–Kier alpha value is -3.53. The smallest absolute Gasteiger partial charge is 0.267 e. The van der Waals surface area contributed by atoms with Crippen molar-refractivity contribution in [3.05, 3.63) is 99.6 Å². The molecule has 0 unspecified atom stereocenters. The number of nitrogens with one attached hydrogen (secondary N) is 1. The van der Waals surface area contributed by atoms with Crippen molar-refractivity contribution < 1.29 is 4.79 Å². The molecule has 0 aliphatic heterocycles. The van der Waals surface area contributed by atoms with Crippen LogP contribution in [0.5, 0.6) is 0 Å². The molecule has 0 saturated carbocycles. The summed E-state index contributed by atoms with van der Waals surface area (Å²) >= 11 is 0. The molecule has 0 bridgehead atoms. The van der Waals surface area contributed by atoms with Gasteiger partial charge < -0.3 is 0 Å². The van der Waals surface area contributed by atoms with Crippen LogP contribution in [0.4, 0.5) is 5.69 Å². The number of hydrazone groups is 1. The first-order valence-corrected chi connectivity index (χ1v) is 11.0. The maximum absolute atomic E-state index is 12.7. The second-order valence-electron chi connectivity index (χ2n) is 8.24. The Kier molecular flexibility index (Phi) is 5.44. The van der Waals surface area contributed by atoms with Crippen molar-refractivity contribution >= 4 is 24.0 Å². The van der Waals surface area contributed by atoms with Gasteiger partial charge in [0.15, 0.2) is 0 Å². The lowest BCUT2D eigenvalue weighted by molar-refractivity contribution is 0.0956. The number of para-hydroxylation sites is 1. The quantitative estimate of drug-likeness (QED) is 0.460. The van der Waals surface area contributed by atoms with E-state index in [0.717, 1.165) is 30.4 Å². The van der Waals surface area contributed by atoms with Crippen molar-refractivity contribution in [2.45, 2.75) is 38.5 Å². The van der Waals surface area contributed by atoms with E-state index in [-0.39, 0.29) is 5.91 Å². The number of hydrogen-bond acceptors (Lipinski definition) is 3. The zero-order valence-corrected chi connectivity index (χ0v) is 17.5. The largest absolute Gasteiger partial charge is 0.273 e. The van der Waals surface area contributed by atoms with Gasteiger partial charge in [0.2, 0.25) is 0 Å². The van der Waals surface area contributed by atoms with E-state index in [4.69, 9.17) is 0 Å². The Labute approximate surface area is 182 Å². The van der Waals surface area contributed by atoms with Gasteiger partial charge in [-0.05, 0) is 96.2 Å². The summed E-state index contributed by atoms with van der Waals surface area (Å²) in [5, 5.41) is 4.17. The number of fused-ring (bicyclic) bond motifs is 2. The molecule has 0 radical (unpaired) electrons. The summed E-state index contributed by atoms with van der Waals surface area (Å²) in [6.07, 6.45) is 10.6. The summed E-state index contributed by atoms with van der Waals surface area (Å²) < 4.78 is 0. The molecule has 154 valence electrons. The molecule has 4 nitrogen and oxygen atoms in total. The lowest BCUT2D eigenvalue weighted by atomic mass is 10.1. The lowest BCUT2D eigenvalue weighted by Crippen LogP contribution is -2.17. The lowest BCUT2D eigenvalue weighted by Gasteiger charge is -2.05. The van der Waals surface area contributed by atoms with Gasteiger partial charge in [0.05, 0.1) is 17.5 Å². The standard InChI is InChI=1S/C27H25N3O/c31-27(30-29-18-20-12-14-22-6-4-8-24(22)16-20)25-9-1-2-10-26(25)28-17-19-11-13-21-5-3-7-23(21)15-19/h1-2,9-18H,3-8H2,(H,30,31)/b28-17-,29-18+. The predicted octanol–water partition coefficient (Wildman–Crippen LogP) is 5.18. The molecule has 31 heavy (non-hydrogen) atoms. The highest BCUT2D eigenvalue weighted by Crippen LogP contribution is 2.24. The van der Waals surface area contributed by atoms with Gasteiger partial charge in [0, 0.05) is 6.21 Å². The Balaban J connectivity index is 1.28. The highest BCUT2D eigenvalue weighted by Gasteiger charge is 2.12. The van der Waals surface area contributed by atoms with Crippen LogP contribution in [0.3, 0.4) is 0 Å². The molecule has 1 amide bonds. The fourth-order valence-electron chi connectivity index (χ4n) is 4.49. The van der Waals surface area contributed by atoms with Crippen LogP contribution in [0.25, 0.3) is 0 Å². The molecule has 0 saturated heterocycles. The van der Waals surface area contributed by atoms with Crippen LogP contribution in [-0.4, -0.2) is 18.3 Å². The summed E-state index contributed by atoms with van der Waals surface area (Å²) in [5.41, 5.74) is 11.5.